The molecule has 9 rings (SSSR count). The molecular weight excluding hydrogens is 843 g/mol. The van der Waals surface area contributed by atoms with Crippen LogP contribution in [0.3, 0.4) is 0 Å². The summed E-state index contributed by atoms with van der Waals surface area (Å²) in [6, 6.07) is 27.8. The highest BCUT2D eigenvalue weighted by Gasteiger charge is 2.53. The number of piperazine rings is 1. The monoisotopic (exact) mass is 909 g/mol. The van der Waals surface area contributed by atoms with Gasteiger partial charge in [0, 0.05) is 25.0 Å². The third-order valence-corrected chi connectivity index (χ3v) is 15.0. The van der Waals surface area contributed by atoms with Crippen LogP contribution in [-0.2, 0) is 18.3 Å². The van der Waals surface area contributed by atoms with E-state index in [1.807, 2.05) is 36.4 Å². The van der Waals surface area contributed by atoms with E-state index in [0.717, 1.165) is 54.3 Å². The fraction of sp³-hybridized carbons (Fsp3) is 0.446. The second kappa shape index (κ2) is 20.6. The van der Waals surface area contributed by atoms with Crippen molar-refractivity contribution in [3.8, 4) is 39.9 Å². The molecule has 3 heterocycles. The lowest BCUT2D eigenvalue weighted by Crippen LogP contribution is -2.44. The number of nitrogens with zero attached hydrogens (tertiary/aromatic N) is 2. The van der Waals surface area contributed by atoms with E-state index < -0.39 is 12.2 Å². The Bertz CT molecular complexity index is 2500. The van der Waals surface area contributed by atoms with E-state index in [2.05, 4.69) is 47.5 Å². The van der Waals surface area contributed by atoms with Crippen LogP contribution < -0.4 is 34.1 Å². The molecule has 354 valence electrons. The van der Waals surface area contributed by atoms with E-state index in [4.69, 9.17) is 23.9 Å². The Morgan fingerprint density at radius 3 is 2.42 bits per heavy atom. The molecule has 1 saturated heterocycles. The molecule has 67 heavy (non-hydrogen) atoms. The zero-order chi connectivity index (χ0) is 46.4. The summed E-state index contributed by atoms with van der Waals surface area (Å²) >= 11 is 0. The summed E-state index contributed by atoms with van der Waals surface area (Å²) in [5.41, 5.74) is 7.96. The number of rotatable bonds is 18. The van der Waals surface area contributed by atoms with Crippen molar-refractivity contribution in [2.45, 2.75) is 102 Å². The highest BCUT2D eigenvalue weighted by Crippen LogP contribution is 2.62. The van der Waals surface area contributed by atoms with Gasteiger partial charge in [-0.3, -0.25) is 4.79 Å². The minimum absolute atomic E-state index is 0.0579. The van der Waals surface area contributed by atoms with Gasteiger partial charge in [-0.05, 0) is 115 Å². The zero-order valence-corrected chi connectivity index (χ0v) is 39.1. The third-order valence-electron chi connectivity index (χ3n) is 15.0. The molecule has 1 spiro atoms. The van der Waals surface area contributed by atoms with E-state index in [9.17, 15) is 20.1 Å². The number of phenols is 1. The average molecular weight is 910 g/mol. The number of hydrogen-bond acceptors (Lipinski definition) is 9. The van der Waals surface area contributed by atoms with Crippen molar-refractivity contribution in [1.82, 2.24) is 10.3 Å². The minimum Gasteiger partial charge on any atom is -0.508 e. The molecule has 0 radical (unpaired) electrons. The van der Waals surface area contributed by atoms with Crippen molar-refractivity contribution in [2.24, 2.45) is 5.41 Å². The van der Waals surface area contributed by atoms with E-state index in [1.54, 1.807) is 37.5 Å². The summed E-state index contributed by atoms with van der Waals surface area (Å²) in [5, 5.41) is 34.4. The number of carbonyl (C=O) groups excluding carboxylic acids is 1. The van der Waals surface area contributed by atoms with Crippen molar-refractivity contribution < 1.29 is 39.1 Å². The first kappa shape index (κ1) is 46.4. The number of aliphatic hydroxyl groups excluding tert-OH is 2. The third kappa shape index (κ3) is 9.69. The minimum atomic E-state index is -0.788. The summed E-state index contributed by atoms with van der Waals surface area (Å²) in [6.07, 6.45) is 13.1. The van der Waals surface area contributed by atoms with Gasteiger partial charge in [-0.2, -0.15) is 0 Å². The Kier molecular flexibility index (Phi) is 14.3. The van der Waals surface area contributed by atoms with E-state index >= 15 is 0 Å². The second-order valence-corrected chi connectivity index (χ2v) is 19.1. The maximum atomic E-state index is 12.0. The average Bonchev–Trinajstić information content (AvgIpc) is 4.11. The number of aliphatic hydroxyl groups is 2. The van der Waals surface area contributed by atoms with Crippen LogP contribution in [0.5, 0.6) is 28.7 Å². The molecule has 3 atom stereocenters. The van der Waals surface area contributed by atoms with Crippen LogP contribution in [0, 0.1) is 5.41 Å². The number of phenolic OH excluding ortho intramolecular Hbond substituents is 1. The number of nitrogens with one attached hydrogen (secondary N) is 1. The first-order valence-electron chi connectivity index (χ1n) is 24.5. The van der Waals surface area contributed by atoms with Crippen molar-refractivity contribution >= 4 is 17.7 Å². The van der Waals surface area contributed by atoms with E-state index in [1.165, 1.54) is 56.2 Å². The van der Waals surface area contributed by atoms with Crippen LogP contribution in [0.1, 0.15) is 111 Å². The zero-order valence-electron chi connectivity index (χ0n) is 39.1. The first-order valence-corrected chi connectivity index (χ1v) is 24.5. The molecule has 11 heteroatoms. The molecule has 1 aromatic heterocycles. The Morgan fingerprint density at radius 2 is 1.66 bits per heavy atom. The van der Waals surface area contributed by atoms with Gasteiger partial charge in [-0.15, -0.1) is 0 Å². The number of aromatic nitrogens is 1. The lowest BCUT2D eigenvalue weighted by atomic mass is 9.64. The summed E-state index contributed by atoms with van der Waals surface area (Å²) in [4.78, 5) is 20.1. The Morgan fingerprint density at radius 1 is 0.896 bits per heavy atom. The van der Waals surface area contributed by atoms with Gasteiger partial charge in [0.1, 0.15) is 24.0 Å². The highest BCUT2D eigenvalue weighted by atomic mass is 16.5. The van der Waals surface area contributed by atoms with Crippen LogP contribution >= 0.6 is 0 Å². The van der Waals surface area contributed by atoms with Gasteiger partial charge >= 0.3 is 5.78 Å². The molecular formula is C56H67N3O8. The molecule has 0 amide bonds. The van der Waals surface area contributed by atoms with Crippen molar-refractivity contribution in [1.29, 1.82) is 0 Å². The van der Waals surface area contributed by atoms with Gasteiger partial charge in [-0.1, -0.05) is 123 Å². The number of ether oxygens (including phenoxy) is 4. The molecule has 5 aromatic rings. The Labute approximate surface area is 395 Å². The molecule has 4 aromatic carbocycles. The van der Waals surface area contributed by atoms with Crippen LogP contribution in [0.2, 0.25) is 0 Å². The number of hydrogen-bond donors (Lipinski definition) is 4. The number of anilines is 1. The number of fused-ring (bicyclic) bond motifs is 1. The van der Waals surface area contributed by atoms with Crippen LogP contribution in [-0.4, -0.2) is 85.1 Å². The van der Waals surface area contributed by atoms with Crippen LogP contribution in [0.15, 0.2) is 91.0 Å². The summed E-state index contributed by atoms with van der Waals surface area (Å²) in [7, 11) is 1.55. The van der Waals surface area contributed by atoms with Crippen LogP contribution in [0.25, 0.3) is 17.2 Å². The quantitative estimate of drug-likeness (QED) is 0.0496. The molecule has 2 aliphatic heterocycles. The normalized spacial score (nSPS) is 20.6. The van der Waals surface area contributed by atoms with Gasteiger partial charge < -0.3 is 49.5 Å². The van der Waals surface area contributed by atoms with Gasteiger partial charge in [0.05, 0.1) is 26.4 Å². The maximum Gasteiger partial charge on any atom is 0.335 e. The predicted molar refractivity (Wildman–Crippen MR) is 264 cm³/mol. The number of benzene rings is 4. The van der Waals surface area contributed by atoms with Gasteiger partial charge in [0.25, 0.3) is 0 Å². The highest BCUT2D eigenvalue weighted by molar-refractivity contribution is 6.05. The maximum absolute atomic E-state index is 12.0. The molecule has 4 aliphatic rings. The number of methoxy groups -OCH3 is 1. The lowest BCUT2D eigenvalue weighted by molar-refractivity contribution is 0.170. The number of aromatic hydroxyl groups is 1. The molecule has 1 unspecified atom stereocenters. The largest absolute Gasteiger partial charge is 0.508 e. The Balaban J connectivity index is 1.07. The fourth-order valence-electron chi connectivity index (χ4n) is 11.3. The SMILES string of the molecule is COc1c(OCCCO)c(CCc2cccc(-c3cc([C@@]4(C)CCCC45CCCC5)[n-]c3N3CCNCC3)c2)c2c(c1OCC[C@@H](O)/C=C/c1ccccc1)C(=[OH+])CC(c1ccc(O)cc1)O2. The van der Waals surface area contributed by atoms with Gasteiger partial charge in [-0.25, -0.2) is 0 Å². The van der Waals surface area contributed by atoms with Crippen molar-refractivity contribution in [3.05, 3.63) is 125 Å². The number of ketones is 1. The smallest absolute Gasteiger partial charge is 0.335 e. The lowest BCUT2D eigenvalue weighted by Gasteiger charge is -2.43. The topological polar surface area (TPSA) is 148 Å². The fourth-order valence-corrected chi connectivity index (χ4v) is 11.3. The van der Waals surface area contributed by atoms with Gasteiger partial charge in [0.2, 0.25) is 5.75 Å². The Hall–Kier alpha value is -5.75. The summed E-state index contributed by atoms with van der Waals surface area (Å²) in [6.45, 7) is 6.44. The second-order valence-electron chi connectivity index (χ2n) is 19.1. The summed E-state index contributed by atoms with van der Waals surface area (Å²) < 4.78 is 26.1. The van der Waals surface area contributed by atoms with Crippen molar-refractivity contribution in [2.75, 3.05) is 58.0 Å². The van der Waals surface area contributed by atoms with E-state index in [0.29, 0.717) is 53.1 Å². The summed E-state index contributed by atoms with van der Waals surface area (Å²) in [5.74, 6) is 2.70. The van der Waals surface area contributed by atoms with Gasteiger partial charge in [0.15, 0.2) is 17.1 Å². The molecule has 3 fully saturated rings. The van der Waals surface area contributed by atoms with Crippen molar-refractivity contribution in [3.63, 3.8) is 0 Å². The molecule has 5 N–H and O–H groups in total. The molecule has 2 saturated carbocycles. The first-order chi connectivity index (χ1) is 32.7. The van der Waals surface area contributed by atoms with Crippen LogP contribution in [0.4, 0.5) is 5.82 Å². The van der Waals surface area contributed by atoms with E-state index in [-0.39, 0.29) is 55.4 Å². The predicted octanol–water partition coefficient (Wildman–Crippen LogP) is 9.24. The molecule has 11 nitrogen and oxygen atoms in total. The standard InChI is InChI=1S/C56H66N3O8/c1-55(24-9-27-56(55)25-6-7-26-56)48-36-45(54(58-48)59-30-28-57-29-31-59)41-14-8-13-39(35-41)16-22-44-50-49(46(63)37-47(67-50)40-17-20-42(61)21-18-40)52(53(64-2)51(44)65-33-10-32-60)66-34-23-43(62)19-15-38-11-4-3-5-12-38/h3-5,8,11-15,17-21,35-36,43,47,57,60-62H,6-7,9-10,16,22-34,37H2,1-2H3/q-1/p+1/b19-15+/t43-,47?,55+/m0/s1. The number of aryl methyl sites for hydroxylation is 1. The molecule has 2 aliphatic carbocycles. The molecule has 0 bridgehead atoms.